The summed E-state index contributed by atoms with van der Waals surface area (Å²) in [6.07, 6.45) is 1.22. The van der Waals surface area contributed by atoms with Gasteiger partial charge in [0, 0.05) is 6.61 Å². The SMILES string of the molecule is COc1cccc(C(NN)C2OCCC2C)c1. The number of benzene rings is 1. The molecule has 1 fully saturated rings. The van der Waals surface area contributed by atoms with Crippen molar-refractivity contribution in [3.8, 4) is 5.75 Å². The molecule has 1 aliphatic rings. The lowest BCUT2D eigenvalue weighted by Gasteiger charge is -2.26. The largest absolute Gasteiger partial charge is 0.497 e. The second-order valence-electron chi connectivity index (χ2n) is 4.52. The number of hydrazine groups is 1. The smallest absolute Gasteiger partial charge is 0.119 e. The van der Waals surface area contributed by atoms with Crippen molar-refractivity contribution in [3.63, 3.8) is 0 Å². The first-order chi connectivity index (χ1) is 8.26. The number of hydrogen-bond acceptors (Lipinski definition) is 4. The average Bonchev–Trinajstić information content (AvgIpc) is 2.77. The van der Waals surface area contributed by atoms with Crippen LogP contribution >= 0.6 is 0 Å². The van der Waals surface area contributed by atoms with Crippen LogP contribution < -0.4 is 16.0 Å². The van der Waals surface area contributed by atoms with E-state index in [2.05, 4.69) is 12.3 Å². The molecule has 0 aromatic heterocycles. The van der Waals surface area contributed by atoms with Gasteiger partial charge in [-0.3, -0.25) is 11.3 Å². The van der Waals surface area contributed by atoms with Gasteiger partial charge in [0.15, 0.2) is 0 Å². The van der Waals surface area contributed by atoms with Crippen LogP contribution in [0.5, 0.6) is 5.75 Å². The summed E-state index contributed by atoms with van der Waals surface area (Å²) in [6, 6.07) is 7.96. The van der Waals surface area contributed by atoms with E-state index in [1.807, 2.05) is 24.3 Å². The van der Waals surface area contributed by atoms with Gasteiger partial charge in [-0.1, -0.05) is 19.1 Å². The summed E-state index contributed by atoms with van der Waals surface area (Å²) < 4.78 is 11.0. The number of nitrogens with one attached hydrogen (secondary N) is 1. The molecule has 94 valence electrons. The Morgan fingerprint density at radius 2 is 2.35 bits per heavy atom. The fourth-order valence-electron chi connectivity index (χ4n) is 2.36. The standard InChI is InChI=1S/C13H20N2O2/c1-9-6-7-17-13(9)12(15-14)10-4-3-5-11(8-10)16-2/h3-5,8-9,12-13,15H,6-7,14H2,1-2H3. The van der Waals surface area contributed by atoms with Gasteiger partial charge in [0.05, 0.1) is 19.3 Å². The summed E-state index contributed by atoms with van der Waals surface area (Å²) in [6.45, 7) is 3.01. The number of hydrogen-bond donors (Lipinski definition) is 2. The van der Waals surface area contributed by atoms with Gasteiger partial charge in [-0.25, -0.2) is 0 Å². The number of ether oxygens (including phenoxy) is 2. The van der Waals surface area contributed by atoms with Crippen LogP contribution in [0.1, 0.15) is 24.9 Å². The lowest BCUT2D eigenvalue weighted by Crippen LogP contribution is -2.38. The predicted octanol–water partition coefficient (Wildman–Crippen LogP) is 1.62. The molecule has 1 aromatic rings. The van der Waals surface area contributed by atoms with Crippen LogP contribution in [-0.4, -0.2) is 19.8 Å². The highest BCUT2D eigenvalue weighted by atomic mass is 16.5. The van der Waals surface area contributed by atoms with Crippen LogP contribution in [0.2, 0.25) is 0 Å². The molecule has 1 aromatic carbocycles. The van der Waals surface area contributed by atoms with E-state index in [1.54, 1.807) is 7.11 Å². The minimum Gasteiger partial charge on any atom is -0.497 e. The molecule has 0 saturated carbocycles. The number of rotatable bonds is 4. The Morgan fingerprint density at radius 3 is 2.94 bits per heavy atom. The molecule has 17 heavy (non-hydrogen) atoms. The van der Waals surface area contributed by atoms with Gasteiger partial charge in [-0.05, 0) is 30.0 Å². The van der Waals surface area contributed by atoms with Crippen molar-refractivity contribution in [2.45, 2.75) is 25.5 Å². The van der Waals surface area contributed by atoms with Gasteiger partial charge in [0.25, 0.3) is 0 Å². The third kappa shape index (κ3) is 2.60. The highest BCUT2D eigenvalue weighted by Gasteiger charge is 2.32. The Balaban J connectivity index is 2.21. The molecule has 0 aliphatic carbocycles. The molecule has 3 unspecified atom stereocenters. The van der Waals surface area contributed by atoms with Crippen LogP contribution in [0.3, 0.4) is 0 Å². The first-order valence-corrected chi connectivity index (χ1v) is 5.98. The lowest BCUT2D eigenvalue weighted by atomic mass is 9.93. The summed E-state index contributed by atoms with van der Waals surface area (Å²) in [5.41, 5.74) is 3.96. The molecule has 0 spiro atoms. The quantitative estimate of drug-likeness (QED) is 0.616. The molecular weight excluding hydrogens is 216 g/mol. The molecule has 0 bridgehead atoms. The van der Waals surface area contributed by atoms with E-state index >= 15 is 0 Å². The highest BCUT2D eigenvalue weighted by Crippen LogP contribution is 2.31. The van der Waals surface area contributed by atoms with Crippen molar-refractivity contribution in [2.75, 3.05) is 13.7 Å². The topological polar surface area (TPSA) is 56.5 Å². The van der Waals surface area contributed by atoms with E-state index in [9.17, 15) is 0 Å². The Kier molecular flexibility index (Phi) is 3.99. The number of nitrogens with two attached hydrogens (primary N) is 1. The summed E-state index contributed by atoms with van der Waals surface area (Å²) in [5.74, 6) is 7.02. The van der Waals surface area contributed by atoms with E-state index in [-0.39, 0.29) is 12.1 Å². The summed E-state index contributed by atoms with van der Waals surface area (Å²) in [7, 11) is 1.67. The van der Waals surface area contributed by atoms with Crippen LogP contribution in [0, 0.1) is 5.92 Å². The number of methoxy groups -OCH3 is 1. The summed E-state index contributed by atoms with van der Waals surface area (Å²) >= 11 is 0. The fraction of sp³-hybridized carbons (Fsp3) is 0.538. The van der Waals surface area contributed by atoms with Crippen molar-refractivity contribution < 1.29 is 9.47 Å². The maximum absolute atomic E-state index is 5.76. The highest BCUT2D eigenvalue weighted by molar-refractivity contribution is 5.31. The summed E-state index contributed by atoms with van der Waals surface area (Å²) in [5, 5.41) is 0. The molecule has 1 aliphatic heterocycles. The van der Waals surface area contributed by atoms with Crippen molar-refractivity contribution in [2.24, 2.45) is 11.8 Å². The monoisotopic (exact) mass is 236 g/mol. The van der Waals surface area contributed by atoms with Crippen molar-refractivity contribution >= 4 is 0 Å². The average molecular weight is 236 g/mol. The maximum atomic E-state index is 5.76. The second kappa shape index (κ2) is 5.49. The first kappa shape index (κ1) is 12.4. The zero-order valence-corrected chi connectivity index (χ0v) is 10.3. The predicted molar refractivity (Wildman–Crippen MR) is 66.6 cm³/mol. The van der Waals surface area contributed by atoms with Gasteiger partial charge in [0.1, 0.15) is 5.75 Å². The van der Waals surface area contributed by atoms with Gasteiger partial charge < -0.3 is 9.47 Å². The molecule has 2 rings (SSSR count). The first-order valence-electron chi connectivity index (χ1n) is 5.98. The van der Waals surface area contributed by atoms with Crippen LogP contribution in [0.25, 0.3) is 0 Å². The normalized spacial score (nSPS) is 25.8. The zero-order valence-electron chi connectivity index (χ0n) is 10.3. The van der Waals surface area contributed by atoms with E-state index in [0.717, 1.165) is 24.3 Å². The zero-order chi connectivity index (χ0) is 12.3. The van der Waals surface area contributed by atoms with Crippen LogP contribution in [-0.2, 0) is 4.74 Å². The van der Waals surface area contributed by atoms with Crippen molar-refractivity contribution in [1.29, 1.82) is 0 Å². The molecule has 4 heteroatoms. The molecule has 3 atom stereocenters. The molecule has 1 heterocycles. The van der Waals surface area contributed by atoms with Gasteiger partial charge in [0.2, 0.25) is 0 Å². The van der Waals surface area contributed by atoms with E-state index in [4.69, 9.17) is 15.3 Å². The molecule has 3 N–H and O–H groups in total. The fourth-order valence-corrected chi connectivity index (χ4v) is 2.36. The Bertz CT molecular complexity index is 370. The molecule has 0 radical (unpaired) electrons. The third-order valence-electron chi connectivity index (χ3n) is 3.41. The van der Waals surface area contributed by atoms with Gasteiger partial charge in [-0.15, -0.1) is 0 Å². The van der Waals surface area contributed by atoms with Crippen molar-refractivity contribution in [1.82, 2.24) is 5.43 Å². The minimum absolute atomic E-state index is 0.0163. The molecule has 0 amide bonds. The van der Waals surface area contributed by atoms with E-state index < -0.39 is 0 Å². The van der Waals surface area contributed by atoms with Gasteiger partial charge in [-0.2, -0.15) is 0 Å². The maximum Gasteiger partial charge on any atom is 0.119 e. The van der Waals surface area contributed by atoms with E-state index in [0.29, 0.717) is 5.92 Å². The van der Waals surface area contributed by atoms with Crippen molar-refractivity contribution in [3.05, 3.63) is 29.8 Å². The second-order valence-corrected chi connectivity index (χ2v) is 4.52. The van der Waals surface area contributed by atoms with Gasteiger partial charge >= 0.3 is 0 Å². The summed E-state index contributed by atoms with van der Waals surface area (Å²) in [4.78, 5) is 0. The van der Waals surface area contributed by atoms with Crippen LogP contribution in [0.4, 0.5) is 0 Å². The molecule has 1 saturated heterocycles. The molecule has 4 nitrogen and oxygen atoms in total. The Labute approximate surface area is 102 Å². The third-order valence-corrected chi connectivity index (χ3v) is 3.41. The van der Waals surface area contributed by atoms with E-state index in [1.165, 1.54) is 0 Å². The Hall–Kier alpha value is -1.10. The lowest BCUT2D eigenvalue weighted by molar-refractivity contribution is 0.0607. The Morgan fingerprint density at radius 1 is 1.53 bits per heavy atom. The van der Waals surface area contributed by atoms with Crippen LogP contribution in [0.15, 0.2) is 24.3 Å². The minimum atomic E-state index is 0.0163. The molecular formula is C13H20N2O2.